The van der Waals surface area contributed by atoms with Crippen LogP contribution in [0, 0.1) is 23.2 Å². The Bertz CT molecular complexity index is 810. The van der Waals surface area contributed by atoms with Crippen LogP contribution in [0.25, 0.3) is 0 Å². The van der Waals surface area contributed by atoms with E-state index in [1.54, 1.807) is 13.8 Å². The Morgan fingerprint density at radius 3 is 2.19 bits per heavy atom. The molecule has 1 aliphatic heterocycles. The summed E-state index contributed by atoms with van der Waals surface area (Å²) in [5, 5.41) is 9.73. The van der Waals surface area contributed by atoms with Crippen molar-refractivity contribution in [1.82, 2.24) is 0 Å². The Morgan fingerprint density at radius 1 is 1.16 bits per heavy atom. The van der Waals surface area contributed by atoms with Gasteiger partial charge in [0, 0.05) is 11.0 Å². The van der Waals surface area contributed by atoms with Gasteiger partial charge in [-0.05, 0) is 70.6 Å². The third-order valence-corrected chi connectivity index (χ3v) is 8.27. The number of carbonyl (C=O) groups is 1. The minimum Gasteiger partial charge on any atom is -0.462 e. The van der Waals surface area contributed by atoms with E-state index in [2.05, 4.69) is 11.3 Å². The van der Waals surface area contributed by atoms with Gasteiger partial charge in [0.15, 0.2) is 5.60 Å². The molecule has 10 heteroatoms. The molecule has 1 heterocycles. The number of carbonyl (C=O) groups excluding carboxylic acids is 1. The van der Waals surface area contributed by atoms with E-state index in [-0.39, 0.29) is 29.4 Å². The molecule has 4 unspecified atom stereocenters. The van der Waals surface area contributed by atoms with Gasteiger partial charge in [-0.15, -0.1) is 0 Å². The van der Waals surface area contributed by atoms with E-state index in [1.165, 1.54) is 0 Å². The second-order valence-corrected chi connectivity index (χ2v) is 10.7. The summed E-state index contributed by atoms with van der Waals surface area (Å²) in [6.07, 6.45) is -2.30. The summed E-state index contributed by atoms with van der Waals surface area (Å²) in [4.78, 5) is 11.9. The molecule has 0 aromatic carbocycles. The van der Waals surface area contributed by atoms with Gasteiger partial charge in [0.2, 0.25) is 0 Å². The molecular weight excluding hydrogens is 439 g/mol. The maximum absolute atomic E-state index is 15.0. The number of hydrogen-bond acceptors (Lipinski definition) is 5. The second kappa shape index (κ2) is 6.88. The fourth-order valence-electron chi connectivity index (χ4n) is 6.65. The zero-order valence-corrected chi connectivity index (χ0v) is 18.4. The van der Waals surface area contributed by atoms with Gasteiger partial charge in [-0.2, -0.15) is 22.0 Å². The average molecular weight is 468 g/mol. The summed E-state index contributed by atoms with van der Waals surface area (Å²) in [6, 6.07) is 0. The monoisotopic (exact) mass is 468 g/mol. The van der Waals surface area contributed by atoms with Gasteiger partial charge < -0.3 is 19.3 Å². The molecule has 5 nitrogen and oxygen atoms in total. The van der Waals surface area contributed by atoms with Crippen LogP contribution < -0.4 is 0 Å². The lowest BCUT2D eigenvalue weighted by molar-refractivity contribution is -0.415. The Morgan fingerprint density at radius 2 is 1.72 bits per heavy atom. The third kappa shape index (κ3) is 3.15. The molecule has 0 amide bonds. The minimum absolute atomic E-state index is 0.190. The molecule has 32 heavy (non-hydrogen) atoms. The van der Waals surface area contributed by atoms with Crippen molar-refractivity contribution in [2.75, 3.05) is 13.2 Å². The second-order valence-electron chi connectivity index (χ2n) is 10.7. The maximum Gasteiger partial charge on any atom is 0.449 e. The summed E-state index contributed by atoms with van der Waals surface area (Å²) in [7, 11) is 0. The predicted molar refractivity (Wildman–Crippen MR) is 102 cm³/mol. The van der Waals surface area contributed by atoms with Crippen LogP contribution in [0.2, 0.25) is 0 Å². The first-order valence-electron chi connectivity index (χ1n) is 10.8. The molecule has 0 radical (unpaired) electrons. The molecule has 5 aliphatic rings. The molecule has 0 spiro atoms. The van der Waals surface area contributed by atoms with E-state index >= 15 is 0 Å². The Balaban J connectivity index is 1.57. The average Bonchev–Trinajstić information content (AvgIpc) is 2.84. The Labute approximate surface area is 183 Å². The molecule has 5 fully saturated rings. The van der Waals surface area contributed by atoms with Gasteiger partial charge in [0.05, 0.1) is 18.8 Å². The number of esters is 1. The molecular formula is C22H29F5O5. The van der Waals surface area contributed by atoms with E-state index in [9.17, 15) is 31.9 Å². The first-order chi connectivity index (χ1) is 14.5. The van der Waals surface area contributed by atoms with E-state index < -0.39 is 41.7 Å². The highest BCUT2D eigenvalue weighted by molar-refractivity contribution is 5.86. The summed E-state index contributed by atoms with van der Waals surface area (Å²) in [5.41, 5.74) is -3.78. The molecule has 5 rings (SSSR count). The molecule has 182 valence electrons. The first-order valence-corrected chi connectivity index (χ1v) is 10.8. The highest BCUT2D eigenvalue weighted by atomic mass is 19.4. The quantitative estimate of drug-likeness (QED) is 0.369. The van der Waals surface area contributed by atoms with Gasteiger partial charge in [0.25, 0.3) is 0 Å². The molecule has 4 atom stereocenters. The zero-order chi connectivity index (χ0) is 24.0. The number of hydrogen-bond donors (Lipinski definition) is 1. The molecule has 4 saturated carbocycles. The molecule has 0 aromatic rings. The summed E-state index contributed by atoms with van der Waals surface area (Å²) < 4.78 is 85.4. The summed E-state index contributed by atoms with van der Waals surface area (Å²) in [6.45, 7) is 6.79. The van der Waals surface area contributed by atoms with Crippen molar-refractivity contribution < 1.29 is 46.1 Å². The van der Waals surface area contributed by atoms with Gasteiger partial charge in [-0.25, -0.2) is 4.79 Å². The van der Waals surface area contributed by atoms with E-state index in [0.29, 0.717) is 31.6 Å². The van der Waals surface area contributed by atoms with Crippen molar-refractivity contribution in [2.24, 2.45) is 23.2 Å². The van der Waals surface area contributed by atoms with Crippen LogP contribution in [-0.2, 0) is 19.0 Å². The van der Waals surface area contributed by atoms with E-state index in [4.69, 9.17) is 9.47 Å². The van der Waals surface area contributed by atoms with E-state index in [0.717, 1.165) is 13.3 Å². The van der Waals surface area contributed by atoms with Gasteiger partial charge in [0.1, 0.15) is 0 Å². The van der Waals surface area contributed by atoms with Crippen LogP contribution in [0.3, 0.4) is 0 Å². The van der Waals surface area contributed by atoms with Crippen molar-refractivity contribution in [3.8, 4) is 0 Å². The first kappa shape index (κ1) is 23.9. The number of halogens is 5. The third-order valence-electron chi connectivity index (χ3n) is 8.27. The molecule has 0 aromatic heterocycles. The molecule has 1 saturated heterocycles. The van der Waals surface area contributed by atoms with Crippen molar-refractivity contribution in [1.29, 1.82) is 0 Å². The Hall–Kier alpha value is -1.26. The van der Waals surface area contributed by atoms with Gasteiger partial charge in [-0.1, -0.05) is 6.58 Å². The SMILES string of the molecule is C=C(C)C(=O)OCC12CC3CC(C1)C(C)(OC1(C)COC(O)(C(F)(F)F)C1(F)F)C(C3)C2. The minimum atomic E-state index is -5.68. The van der Waals surface area contributed by atoms with Crippen molar-refractivity contribution in [3.05, 3.63) is 12.2 Å². The van der Waals surface area contributed by atoms with Crippen LogP contribution in [0.5, 0.6) is 0 Å². The van der Waals surface area contributed by atoms with Crippen LogP contribution in [0.15, 0.2) is 12.2 Å². The van der Waals surface area contributed by atoms with Crippen LogP contribution in [0.1, 0.15) is 52.9 Å². The maximum atomic E-state index is 15.0. The smallest absolute Gasteiger partial charge is 0.449 e. The largest absolute Gasteiger partial charge is 0.462 e. The van der Waals surface area contributed by atoms with Crippen molar-refractivity contribution in [3.63, 3.8) is 0 Å². The van der Waals surface area contributed by atoms with Crippen LogP contribution in [0.4, 0.5) is 22.0 Å². The summed E-state index contributed by atoms with van der Waals surface area (Å²) >= 11 is 0. The Kier molecular flexibility index (Phi) is 5.14. The van der Waals surface area contributed by atoms with Gasteiger partial charge >= 0.3 is 23.9 Å². The predicted octanol–water partition coefficient (Wildman–Crippen LogP) is 4.38. The lowest BCUT2D eigenvalue weighted by atomic mass is 9.45. The highest BCUT2D eigenvalue weighted by Gasteiger charge is 2.83. The normalized spacial score (nSPS) is 47.0. The summed E-state index contributed by atoms with van der Waals surface area (Å²) in [5.74, 6) is -9.86. The van der Waals surface area contributed by atoms with Crippen LogP contribution in [-0.4, -0.2) is 53.4 Å². The molecule has 4 aliphatic carbocycles. The fourth-order valence-corrected chi connectivity index (χ4v) is 6.65. The lowest BCUT2D eigenvalue weighted by Crippen LogP contribution is -2.68. The zero-order valence-electron chi connectivity index (χ0n) is 18.4. The van der Waals surface area contributed by atoms with Crippen molar-refractivity contribution in [2.45, 2.75) is 82.0 Å². The fraction of sp³-hybridized carbons (Fsp3) is 0.864. The standard InChI is InChI=1S/C22H29F5O5/c1-12(2)16(28)30-11-19-7-13-5-14(8-19)18(4,15(6-13)9-19)32-17(3)10-31-21(29,20(17,23)24)22(25,26)27/h13-15,29H,1,5-11H2,2-4H3. The van der Waals surface area contributed by atoms with E-state index in [1.807, 2.05) is 0 Å². The molecule has 4 bridgehead atoms. The number of aliphatic hydroxyl groups is 1. The van der Waals surface area contributed by atoms with Crippen LogP contribution >= 0.6 is 0 Å². The number of rotatable bonds is 5. The number of alkyl halides is 5. The topological polar surface area (TPSA) is 65.0 Å². The lowest BCUT2D eigenvalue weighted by Gasteiger charge is -2.65. The highest BCUT2D eigenvalue weighted by Crippen LogP contribution is 2.66. The van der Waals surface area contributed by atoms with Crippen molar-refractivity contribution >= 4 is 5.97 Å². The van der Waals surface area contributed by atoms with Gasteiger partial charge in [-0.3, -0.25) is 0 Å². The molecule has 1 N–H and O–H groups in total. The number of ether oxygens (including phenoxy) is 3.